The number of hydrogen-bond donors (Lipinski definition) is 1. The zero-order chi connectivity index (χ0) is 10.1. The molecule has 0 amide bonds. The molecule has 0 aromatic heterocycles. The van der Waals surface area contributed by atoms with Crippen LogP contribution in [0, 0.1) is 11.8 Å². The Hall–Kier alpha value is -0.410. The Bertz CT molecular complexity index is 225. The van der Waals surface area contributed by atoms with E-state index in [1.165, 1.54) is 0 Å². The average Bonchev–Trinajstić information content (AvgIpc) is 2.94. The van der Waals surface area contributed by atoms with Gasteiger partial charge in [0.05, 0.1) is 12.6 Å². The summed E-state index contributed by atoms with van der Waals surface area (Å²) in [6.07, 6.45) is 2.95. The van der Waals surface area contributed by atoms with Gasteiger partial charge in [0.25, 0.3) is 0 Å². The Morgan fingerprint density at radius 2 is 2.14 bits per heavy atom. The number of Topliss-reactive ketones (excluding diaryl/α,β-unsaturated/α-hetero) is 1. The van der Waals surface area contributed by atoms with Crippen molar-refractivity contribution in [3.63, 3.8) is 0 Å². The average molecular weight is 197 g/mol. The third-order valence-corrected chi connectivity index (χ3v) is 3.41. The molecule has 0 aromatic carbocycles. The second kappa shape index (κ2) is 3.99. The normalized spacial score (nSPS) is 34.4. The molecule has 1 saturated heterocycles. The van der Waals surface area contributed by atoms with E-state index in [0.29, 0.717) is 30.7 Å². The number of hydrogen-bond acceptors (Lipinski definition) is 3. The molecule has 1 heterocycles. The van der Waals surface area contributed by atoms with Crippen LogP contribution < -0.4 is 0 Å². The summed E-state index contributed by atoms with van der Waals surface area (Å²) in [6.45, 7) is 4.29. The molecule has 1 aliphatic carbocycles. The lowest BCUT2D eigenvalue weighted by molar-refractivity contribution is -0.122. The molecule has 1 saturated carbocycles. The number of rotatable bonds is 3. The Balaban J connectivity index is 1.78. The molecule has 3 nitrogen and oxygen atoms in total. The van der Waals surface area contributed by atoms with Gasteiger partial charge in [-0.25, -0.2) is 0 Å². The fourth-order valence-corrected chi connectivity index (χ4v) is 2.01. The third kappa shape index (κ3) is 2.34. The smallest absolute Gasteiger partial charge is 0.149 e. The number of aliphatic hydroxyl groups excluding tert-OH is 1. The summed E-state index contributed by atoms with van der Waals surface area (Å²) in [7, 11) is 0. The van der Waals surface area contributed by atoms with Crippen molar-refractivity contribution >= 4 is 5.78 Å². The first-order valence-electron chi connectivity index (χ1n) is 5.60. The van der Waals surface area contributed by atoms with Crippen LogP contribution in [0.25, 0.3) is 0 Å². The van der Waals surface area contributed by atoms with E-state index in [-0.39, 0.29) is 6.10 Å². The SMILES string of the molecule is CC1CCN(CC(=O)C2CC2)CC1O. The van der Waals surface area contributed by atoms with E-state index in [0.717, 1.165) is 25.8 Å². The highest BCUT2D eigenvalue weighted by molar-refractivity contribution is 5.84. The molecule has 0 spiro atoms. The van der Waals surface area contributed by atoms with Crippen LogP contribution in [0.2, 0.25) is 0 Å². The maximum absolute atomic E-state index is 11.5. The highest BCUT2D eigenvalue weighted by Crippen LogP contribution is 2.30. The Kier molecular flexibility index (Phi) is 2.88. The van der Waals surface area contributed by atoms with E-state index in [9.17, 15) is 9.90 Å². The lowest BCUT2D eigenvalue weighted by Crippen LogP contribution is -2.45. The van der Waals surface area contributed by atoms with Gasteiger partial charge < -0.3 is 5.11 Å². The number of aliphatic hydroxyl groups is 1. The number of likely N-dealkylation sites (tertiary alicyclic amines) is 1. The van der Waals surface area contributed by atoms with Gasteiger partial charge in [-0.15, -0.1) is 0 Å². The van der Waals surface area contributed by atoms with Gasteiger partial charge in [0.2, 0.25) is 0 Å². The van der Waals surface area contributed by atoms with E-state index in [1.807, 2.05) is 0 Å². The van der Waals surface area contributed by atoms with Gasteiger partial charge in [0, 0.05) is 12.5 Å². The molecule has 1 N–H and O–H groups in total. The number of carbonyl (C=O) groups is 1. The Morgan fingerprint density at radius 3 is 2.71 bits per heavy atom. The topological polar surface area (TPSA) is 40.5 Å². The number of nitrogens with zero attached hydrogens (tertiary/aromatic N) is 1. The first-order chi connectivity index (χ1) is 6.66. The molecule has 2 rings (SSSR count). The van der Waals surface area contributed by atoms with Gasteiger partial charge >= 0.3 is 0 Å². The van der Waals surface area contributed by atoms with Gasteiger partial charge in [0.15, 0.2) is 0 Å². The Labute approximate surface area is 85.1 Å². The summed E-state index contributed by atoms with van der Waals surface area (Å²) in [5, 5.41) is 9.66. The molecular weight excluding hydrogens is 178 g/mol. The summed E-state index contributed by atoms with van der Waals surface area (Å²) in [4.78, 5) is 13.6. The first kappa shape index (κ1) is 10.1. The van der Waals surface area contributed by atoms with Gasteiger partial charge in [-0.3, -0.25) is 9.69 Å². The van der Waals surface area contributed by atoms with Crippen LogP contribution in [-0.2, 0) is 4.79 Å². The highest BCUT2D eigenvalue weighted by Gasteiger charge is 2.32. The van der Waals surface area contributed by atoms with E-state index in [4.69, 9.17) is 0 Å². The summed E-state index contributed by atoms with van der Waals surface area (Å²) >= 11 is 0. The lowest BCUT2D eigenvalue weighted by Gasteiger charge is -2.33. The zero-order valence-corrected chi connectivity index (χ0v) is 8.78. The fraction of sp³-hybridized carbons (Fsp3) is 0.909. The number of ketones is 1. The molecule has 2 atom stereocenters. The minimum atomic E-state index is -0.240. The molecule has 2 fully saturated rings. The van der Waals surface area contributed by atoms with Crippen molar-refractivity contribution in [1.82, 2.24) is 4.90 Å². The lowest BCUT2D eigenvalue weighted by atomic mass is 9.96. The van der Waals surface area contributed by atoms with E-state index in [2.05, 4.69) is 11.8 Å². The largest absolute Gasteiger partial charge is 0.392 e. The fourth-order valence-electron chi connectivity index (χ4n) is 2.01. The van der Waals surface area contributed by atoms with Crippen molar-refractivity contribution in [2.45, 2.75) is 32.3 Å². The maximum atomic E-state index is 11.5. The van der Waals surface area contributed by atoms with E-state index in [1.54, 1.807) is 0 Å². The van der Waals surface area contributed by atoms with Crippen LogP contribution in [-0.4, -0.2) is 41.5 Å². The number of carbonyl (C=O) groups excluding carboxylic acids is 1. The first-order valence-corrected chi connectivity index (χ1v) is 5.60. The van der Waals surface area contributed by atoms with E-state index < -0.39 is 0 Å². The molecule has 1 aliphatic heterocycles. The maximum Gasteiger partial charge on any atom is 0.149 e. The molecule has 80 valence electrons. The standard InChI is InChI=1S/C11H19NO2/c1-8-4-5-12(6-10(8)13)7-11(14)9-2-3-9/h8-10,13H,2-7H2,1H3. The van der Waals surface area contributed by atoms with Gasteiger partial charge in [-0.05, 0) is 31.7 Å². The molecule has 2 aliphatic rings. The van der Waals surface area contributed by atoms with Crippen LogP contribution in [0.1, 0.15) is 26.2 Å². The van der Waals surface area contributed by atoms with Crippen LogP contribution in [0.4, 0.5) is 0 Å². The molecular formula is C11H19NO2. The van der Waals surface area contributed by atoms with Crippen molar-refractivity contribution in [2.75, 3.05) is 19.6 Å². The van der Waals surface area contributed by atoms with Crippen molar-refractivity contribution in [3.8, 4) is 0 Å². The van der Waals surface area contributed by atoms with Crippen LogP contribution >= 0.6 is 0 Å². The quantitative estimate of drug-likeness (QED) is 0.723. The predicted molar refractivity (Wildman–Crippen MR) is 54.0 cm³/mol. The summed E-state index contributed by atoms with van der Waals surface area (Å²) in [6, 6.07) is 0. The number of β-amino-alcohol motifs (C(OH)–C–C–N with tert-alkyl or cyclic N) is 1. The van der Waals surface area contributed by atoms with Crippen LogP contribution in [0.5, 0.6) is 0 Å². The molecule has 0 radical (unpaired) electrons. The van der Waals surface area contributed by atoms with Crippen molar-refractivity contribution < 1.29 is 9.90 Å². The monoisotopic (exact) mass is 197 g/mol. The summed E-state index contributed by atoms with van der Waals surface area (Å²) < 4.78 is 0. The molecule has 14 heavy (non-hydrogen) atoms. The minimum Gasteiger partial charge on any atom is -0.392 e. The van der Waals surface area contributed by atoms with Crippen molar-refractivity contribution in [1.29, 1.82) is 0 Å². The van der Waals surface area contributed by atoms with Gasteiger partial charge in [0.1, 0.15) is 5.78 Å². The van der Waals surface area contributed by atoms with Crippen molar-refractivity contribution in [2.24, 2.45) is 11.8 Å². The molecule has 3 heteroatoms. The molecule has 0 bridgehead atoms. The molecule has 2 unspecified atom stereocenters. The van der Waals surface area contributed by atoms with Gasteiger partial charge in [-0.1, -0.05) is 6.92 Å². The highest BCUT2D eigenvalue weighted by atomic mass is 16.3. The number of piperidine rings is 1. The van der Waals surface area contributed by atoms with Crippen molar-refractivity contribution in [3.05, 3.63) is 0 Å². The molecule has 0 aromatic rings. The minimum absolute atomic E-state index is 0.240. The van der Waals surface area contributed by atoms with E-state index >= 15 is 0 Å². The van der Waals surface area contributed by atoms with Crippen LogP contribution in [0.3, 0.4) is 0 Å². The summed E-state index contributed by atoms with van der Waals surface area (Å²) in [5.74, 6) is 1.13. The zero-order valence-electron chi connectivity index (χ0n) is 8.78. The third-order valence-electron chi connectivity index (χ3n) is 3.41. The second-order valence-corrected chi connectivity index (χ2v) is 4.81. The Morgan fingerprint density at radius 1 is 1.43 bits per heavy atom. The predicted octanol–water partition coefficient (Wildman–Crippen LogP) is 0.668. The van der Waals surface area contributed by atoms with Gasteiger partial charge in [-0.2, -0.15) is 0 Å². The summed E-state index contributed by atoms with van der Waals surface area (Å²) in [5.41, 5.74) is 0. The second-order valence-electron chi connectivity index (χ2n) is 4.81. The van der Waals surface area contributed by atoms with Crippen LogP contribution in [0.15, 0.2) is 0 Å².